The fraction of sp³-hybridized carbons (Fsp3) is 0.423. The number of likely N-dealkylation sites (tertiary alicyclic amines) is 1. The second kappa shape index (κ2) is 8.87. The van der Waals surface area contributed by atoms with Crippen LogP contribution < -0.4 is 5.32 Å². The summed E-state index contributed by atoms with van der Waals surface area (Å²) in [6.45, 7) is 3.62. The Bertz CT molecular complexity index is 1040. The number of carbonyl (C=O) groups is 3. The van der Waals surface area contributed by atoms with Crippen LogP contribution in [-0.4, -0.2) is 46.7 Å². The molecule has 5 rings (SSSR count). The molecule has 1 N–H and O–H groups in total. The quantitative estimate of drug-likeness (QED) is 0.755. The van der Waals surface area contributed by atoms with E-state index in [0.29, 0.717) is 24.4 Å². The van der Waals surface area contributed by atoms with E-state index < -0.39 is 6.04 Å². The summed E-state index contributed by atoms with van der Waals surface area (Å²) in [5, 5.41) is 2.37. The van der Waals surface area contributed by atoms with Gasteiger partial charge in [-0.25, -0.2) is 0 Å². The van der Waals surface area contributed by atoms with Gasteiger partial charge in [0.2, 0.25) is 11.8 Å². The highest BCUT2D eigenvalue weighted by Gasteiger charge is 2.39. The molecular weight excluding hydrogens is 402 g/mol. The first-order valence-electron chi connectivity index (χ1n) is 11.6. The number of piperidine rings is 1. The lowest BCUT2D eigenvalue weighted by atomic mass is 9.90. The van der Waals surface area contributed by atoms with E-state index in [9.17, 15) is 14.4 Å². The number of amides is 3. The van der Waals surface area contributed by atoms with E-state index in [1.54, 1.807) is 4.90 Å². The molecule has 3 aliphatic heterocycles. The number of nitrogens with one attached hydrogen (secondary N) is 1. The molecule has 0 radical (unpaired) electrons. The predicted octanol–water partition coefficient (Wildman–Crippen LogP) is 3.22. The average Bonchev–Trinajstić information content (AvgIpc) is 2.95. The summed E-state index contributed by atoms with van der Waals surface area (Å²) in [5.74, 6) is -0.228. The van der Waals surface area contributed by atoms with Crippen LogP contribution in [0.5, 0.6) is 0 Å². The van der Waals surface area contributed by atoms with Crippen molar-refractivity contribution in [2.45, 2.75) is 57.2 Å². The molecule has 2 aromatic carbocycles. The third-order valence-electron chi connectivity index (χ3n) is 7.09. The van der Waals surface area contributed by atoms with E-state index in [1.165, 1.54) is 11.1 Å². The van der Waals surface area contributed by atoms with Crippen LogP contribution in [0.4, 0.5) is 0 Å². The molecule has 3 aliphatic rings. The highest BCUT2D eigenvalue weighted by atomic mass is 16.2. The molecule has 2 saturated heterocycles. The molecule has 0 bridgehead atoms. The zero-order valence-corrected chi connectivity index (χ0v) is 18.3. The second-order valence-corrected chi connectivity index (χ2v) is 9.21. The summed E-state index contributed by atoms with van der Waals surface area (Å²) in [7, 11) is 0. The average molecular weight is 432 g/mol. The van der Waals surface area contributed by atoms with Gasteiger partial charge in [0, 0.05) is 25.1 Å². The Morgan fingerprint density at radius 3 is 2.59 bits per heavy atom. The maximum absolute atomic E-state index is 12.9. The highest BCUT2D eigenvalue weighted by molar-refractivity contribution is 6.05. The van der Waals surface area contributed by atoms with Crippen LogP contribution >= 0.6 is 0 Å². The van der Waals surface area contributed by atoms with Crippen LogP contribution in [0.2, 0.25) is 0 Å². The number of imide groups is 1. The van der Waals surface area contributed by atoms with Crippen molar-refractivity contribution in [1.29, 1.82) is 0 Å². The number of carbonyl (C=O) groups excluding carboxylic acids is 3. The fourth-order valence-corrected chi connectivity index (χ4v) is 5.34. The molecule has 0 aromatic heterocycles. The molecule has 3 heterocycles. The van der Waals surface area contributed by atoms with Crippen molar-refractivity contribution >= 4 is 17.7 Å². The van der Waals surface area contributed by atoms with Gasteiger partial charge >= 0.3 is 0 Å². The van der Waals surface area contributed by atoms with E-state index in [-0.39, 0.29) is 24.1 Å². The molecule has 0 saturated carbocycles. The SMILES string of the molecule is O=C1CC[C@H](N2Cc3cc([C@@H]4CCCN(Cc5ccccc5)CC4)ccc3C2=O)C(=O)N1. The molecule has 32 heavy (non-hydrogen) atoms. The predicted molar refractivity (Wildman–Crippen MR) is 121 cm³/mol. The lowest BCUT2D eigenvalue weighted by Crippen LogP contribution is -2.52. The molecule has 0 unspecified atom stereocenters. The Morgan fingerprint density at radius 2 is 1.78 bits per heavy atom. The van der Waals surface area contributed by atoms with Gasteiger partial charge in [0.15, 0.2) is 0 Å². The molecule has 0 aliphatic carbocycles. The van der Waals surface area contributed by atoms with Gasteiger partial charge in [-0.15, -0.1) is 0 Å². The summed E-state index contributed by atoms with van der Waals surface area (Å²) in [6.07, 6.45) is 4.10. The van der Waals surface area contributed by atoms with Gasteiger partial charge in [-0.05, 0) is 67.4 Å². The standard InChI is InChI=1S/C26H29N3O3/c30-24-11-10-23(25(31)27-24)29-17-21-15-20(8-9-22(21)26(29)32)19-7-4-13-28(14-12-19)16-18-5-2-1-3-6-18/h1-3,5-6,8-9,15,19,23H,4,7,10-14,16-17H2,(H,27,30,31)/t19-,23+/m1/s1. The van der Waals surface area contributed by atoms with Crippen LogP contribution in [0.15, 0.2) is 48.5 Å². The molecule has 3 amide bonds. The smallest absolute Gasteiger partial charge is 0.255 e. The molecule has 2 aromatic rings. The monoisotopic (exact) mass is 431 g/mol. The van der Waals surface area contributed by atoms with Gasteiger partial charge in [0.05, 0.1) is 0 Å². The second-order valence-electron chi connectivity index (χ2n) is 9.21. The number of hydrogen-bond acceptors (Lipinski definition) is 4. The maximum Gasteiger partial charge on any atom is 0.255 e. The van der Waals surface area contributed by atoms with Crippen molar-refractivity contribution in [3.8, 4) is 0 Å². The van der Waals surface area contributed by atoms with E-state index >= 15 is 0 Å². The first kappa shape index (κ1) is 20.9. The normalized spacial score (nSPS) is 24.2. The summed E-state index contributed by atoms with van der Waals surface area (Å²) >= 11 is 0. The zero-order valence-electron chi connectivity index (χ0n) is 18.3. The maximum atomic E-state index is 12.9. The first-order chi connectivity index (χ1) is 15.6. The Morgan fingerprint density at radius 1 is 0.938 bits per heavy atom. The number of nitrogens with zero attached hydrogens (tertiary/aromatic N) is 2. The minimum absolute atomic E-state index is 0.101. The van der Waals surface area contributed by atoms with Crippen LogP contribution in [0.3, 0.4) is 0 Å². The van der Waals surface area contributed by atoms with Gasteiger partial charge in [0.25, 0.3) is 5.91 Å². The molecule has 6 nitrogen and oxygen atoms in total. The number of benzene rings is 2. The Hall–Kier alpha value is -2.99. The van der Waals surface area contributed by atoms with E-state index in [2.05, 4.69) is 52.7 Å². The Balaban J connectivity index is 1.26. The molecule has 0 spiro atoms. The van der Waals surface area contributed by atoms with Crippen molar-refractivity contribution in [2.24, 2.45) is 0 Å². The third-order valence-corrected chi connectivity index (χ3v) is 7.09. The number of hydrogen-bond donors (Lipinski definition) is 1. The van der Waals surface area contributed by atoms with Crippen LogP contribution in [0.1, 0.15) is 65.1 Å². The van der Waals surface area contributed by atoms with Gasteiger partial charge in [-0.3, -0.25) is 24.6 Å². The first-order valence-corrected chi connectivity index (χ1v) is 11.6. The van der Waals surface area contributed by atoms with Gasteiger partial charge in [0.1, 0.15) is 6.04 Å². The van der Waals surface area contributed by atoms with Crippen LogP contribution in [0, 0.1) is 0 Å². The lowest BCUT2D eigenvalue weighted by molar-refractivity contribution is -0.136. The fourth-order valence-electron chi connectivity index (χ4n) is 5.34. The van der Waals surface area contributed by atoms with Crippen molar-refractivity contribution in [3.05, 3.63) is 70.8 Å². The lowest BCUT2D eigenvalue weighted by Gasteiger charge is -2.29. The van der Waals surface area contributed by atoms with Gasteiger partial charge < -0.3 is 4.90 Å². The van der Waals surface area contributed by atoms with Crippen molar-refractivity contribution in [1.82, 2.24) is 15.1 Å². The van der Waals surface area contributed by atoms with Crippen molar-refractivity contribution in [3.63, 3.8) is 0 Å². The van der Waals surface area contributed by atoms with Gasteiger partial charge in [-0.1, -0.05) is 42.5 Å². The van der Waals surface area contributed by atoms with Crippen molar-refractivity contribution < 1.29 is 14.4 Å². The summed E-state index contributed by atoms with van der Waals surface area (Å²) < 4.78 is 0. The molecule has 2 atom stereocenters. The topological polar surface area (TPSA) is 69.7 Å². The largest absolute Gasteiger partial charge is 0.322 e. The van der Waals surface area contributed by atoms with Crippen molar-refractivity contribution in [2.75, 3.05) is 13.1 Å². The highest BCUT2D eigenvalue weighted by Crippen LogP contribution is 2.33. The summed E-state index contributed by atoms with van der Waals surface area (Å²) in [5.41, 5.74) is 4.35. The Kier molecular flexibility index (Phi) is 5.79. The van der Waals surface area contributed by atoms with E-state index in [4.69, 9.17) is 0 Å². The summed E-state index contributed by atoms with van der Waals surface area (Å²) in [6, 6.07) is 16.3. The van der Waals surface area contributed by atoms with Crippen LogP contribution in [0.25, 0.3) is 0 Å². The number of fused-ring (bicyclic) bond motifs is 1. The third kappa shape index (κ3) is 4.19. The van der Waals surface area contributed by atoms with Gasteiger partial charge in [-0.2, -0.15) is 0 Å². The van der Waals surface area contributed by atoms with E-state index in [1.807, 2.05) is 6.07 Å². The molecule has 166 valence electrons. The minimum Gasteiger partial charge on any atom is -0.322 e. The molecule has 2 fully saturated rings. The molecular formula is C26H29N3O3. The summed E-state index contributed by atoms with van der Waals surface area (Å²) in [4.78, 5) is 40.8. The Labute approximate surface area is 188 Å². The number of rotatable bonds is 4. The van der Waals surface area contributed by atoms with Crippen LogP contribution in [-0.2, 0) is 22.7 Å². The zero-order chi connectivity index (χ0) is 22.1. The van der Waals surface area contributed by atoms with E-state index in [0.717, 1.165) is 44.5 Å². The minimum atomic E-state index is -0.555. The molecule has 6 heteroatoms.